The number of rotatable bonds is 13. The van der Waals surface area contributed by atoms with Crippen molar-refractivity contribution >= 4 is 63.5 Å². The van der Waals surface area contributed by atoms with E-state index in [1.807, 2.05) is 52.9 Å². The highest BCUT2D eigenvalue weighted by Crippen LogP contribution is 2.50. The van der Waals surface area contributed by atoms with Gasteiger partial charge in [0.15, 0.2) is 0 Å². The van der Waals surface area contributed by atoms with Crippen LogP contribution in [0.5, 0.6) is 0 Å². The lowest BCUT2D eigenvalue weighted by atomic mass is 9.23. The van der Waals surface area contributed by atoms with Crippen molar-refractivity contribution in [2.45, 2.75) is 68.5 Å². The summed E-state index contributed by atoms with van der Waals surface area (Å²) in [7, 11) is 10.4. The van der Waals surface area contributed by atoms with Crippen LogP contribution >= 0.6 is 0 Å². The summed E-state index contributed by atoms with van der Waals surface area (Å²) in [6, 6.07) is 11.1. The number of nitrogens with zero attached hydrogens (tertiary/aromatic N) is 2. The first-order valence-electron chi connectivity index (χ1n) is 15.0. The predicted molar refractivity (Wildman–Crippen MR) is 183 cm³/mol. The number of hydrogen-bond donors (Lipinski definition) is 2. The van der Waals surface area contributed by atoms with E-state index in [1.165, 1.54) is 11.9 Å². The van der Waals surface area contributed by atoms with Crippen molar-refractivity contribution in [2.24, 2.45) is 0 Å². The topological polar surface area (TPSA) is 91.0 Å². The number of morpholine rings is 1. The van der Waals surface area contributed by atoms with E-state index in [2.05, 4.69) is 29.4 Å². The van der Waals surface area contributed by atoms with E-state index in [-0.39, 0.29) is 37.0 Å². The first-order chi connectivity index (χ1) is 20.1. The molecule has 0 aliphatic carbocycles. The van der Waals surface area contributed by atoms with Crippen LogP contribution in [0.15, 0.2) is 36.4 Å². The van der Waals surface area contributed by atoms with Crippen molar-refractivity contribution < 1.29 is 23.5 Å². The van der Waals surface area contributed by atoms with E-state index in [1.54, 1.807) is 29.6 Å². The fourth-order valence-electron chi connectivity index (χ4n) is 6.03. The van der Waals surface area contributed by atoms with Crippen molar-refractivity contribution in [3.8, 4) is 0 Å². The van der Waals surface area contributed by atoms with Gasteiger partial charge in [-0.1, -0.05) is 29.5 Å². The number of anilines is 1. The molecule has 3 atom stereocenters. The van der Waals surface area contributed by atoms with Gasteiger partial charge in [-0.25, -0.2) is 4.39 Å². The second-order valence-corrected chi connectivity index (χ2v) is 13.2. The van der Waals surface area contributed by atoms with Gasteiger partial charge in [-0.3, -0.25) is 14.5 Å². The Morgan fingerprint density at radius 2 is 1.77 bits per heavy atom. The number of hydrogen-bond acceptors (Lipinski definition) is 6. The molecule has 226 valence electrons. The van der Waals surface area contributed by atoms with Crippen LogP contribution in [0.3, 0.4) is 0 Å². The maximum Gasteiger partial charge on any atom is 0.235 e. The highest BCUT2D eigenvalue weighted by atomic mass is 19.1. The van der Waals surface area contributed by atoms with Crippen molar-refractivity contribution in [1.29, 1.82) is 0 Å². The summed E-state index contributed by atoms with van der Waals surface area (Å²) in [5.41, 5.74) is 2.51. The third kappa shape index (κ3) is 7.23. The molecule has 3 rings (SSSR count). The Morgan fingerprint density at radius 1 is 1.12 bits per heavy atom. The van der Waals surface area contributed by atoms with E-state index in [4.69, 9.17) is 4.74 Å². The monoisotopic (exact) mass is 586 g/mol. The number of benzene rings is 2. The number of amides is 2. The Bertz CT molecular complexity index is 1320. The zero-order valence-electron chi connectivity index (χ0n) is 27.2. The van der Waals surface area contributed by atoms with Crippen LogP contribution in [0.2, 0.25) is 10.4 Å². The number of nitrogens with one attached hydrogen (secondary N) is 2. The van der Waals surface area contributed by atoms with Crippen LogP contribution in [0.4, 0.5) is 10.1 Å². The summed E-state index contributed by atoms with van der Waals surface area (Å²) in [6.07, 6.45) is 1.79. The van der Waals surface area contributed by atoms with Gasteiger partial charge in [0.05, 0.1) is 17.6 Å². The first kappa shape index (κ1) is 34.5. The van der Waals surface area contributed by atoms with E-state index in [9.17, 15) is 14.4 Å². The van der Waals surface area contributed by atoms with Crippen molar-refractivity contribution in [1.82, 2.24) is 15.1 Å². The van der Waals surface area contributed by atoms with Gasteiger partial charge in [-0.15, -0.1) is 0 Å². The number of carbonyl (C=O) groups is 3. The molecule has 1 fully saturated rings. The Balaban J connectivity index is 1.85. The average molecular weight is 586 g/mol. The number of ether oxygens (including phenoxy) is 1. The van der Waals surface area contributed by atoms with Gasteiger partial charge in [0, 0.05) is 51.0 Å². The fourth-order valence-corrected chi connectivity index (χ4v) is 6.03. The average Bonchev–Trinajstić information content (AvgIpc) is 2.94. The van der Waals surface area contributed by atoms with E-state index < -0.39 is 15.9 Å². The number of halogens is 1. The first-order valence-corrected chi connectivity index (χ1v) is 15.0. The molecule has 0 bridgehead atoms. The molecular formula is C29H44B5FN4O4. The van der Waals surface area contributed by atoms with Gasteiger partial charge in [-0.2, -0.15) is 0 Å². The molecule has 1 heterocycles. The number of likely N-dealkylation sites (N-methyl/N-ethyl adjacent to an activating group) is 1. The second-order valence-electron chi connectivity index (χ2n) is 13.2. The molecule has 2 amide bonds. The van der Waals surface area contributed by atoms with Crippen molar-refractivity contribution in [3.63, 3.8) is 0 Å². The number of carbonyl (C=O) groups excluding carboxylic acids is 3. The lowest BCUT2D eigenvalue weighted by Gasteiger charge is -2.55. The van der Waals surface area contributed by atoms with E-state index in [0.29, 0.717) is 18.5 Å². The molecule has 2 aromatic rings. The molecule has 0 aromatic heterocycles. The quantitative estimate of drug-likeness (QED) is 0.217. The Labute approximate surface area is 260 Å². The molecule has 14 heteroatoms. The summed E-state index contributed by atoms with van der Waals surface area (Å²) < 4.78 is 21.1. The van der Waals surface area contributed by atoms with Gasteiger partial charge in [0.25, 0.3) is 0 Å². The Morgan fingerprint density at radius 3 is 2.33 bits per heavy atom. The normalized spacial score (nSPS) is 19.2. The highest BCUT2D eigenvalue weighted by molar-refractivity contribution is 6.63. The zero-order valence-corrected chi connectivity index (χ0v) is 27.2. The van der Waals surface area contributed by atoms with E-state index in [0.717, 1.165) is 41.8 Å². The standard InChI is InChI=1S/C29H44B5FN4O4/c1-18-6-5-7-25(23(18)15-39(17-41)28(32,26(42)36-4)29(33,34)27(30,31)16-40)37-11-22-9-8-21(10-24(22)35)14-38-12-19(2)43-20(3)13-38/h5-10,16-17,19-20,37H,11-15,30-34H2,1-4H3,(H,36,42). The number of aldehydes is 1. The molecule has 0 saturated carbocycles. The van der Waals surface area contributed by atoms with Gasteiger partial charge in [0.2, 0.25) is 12.3 Å². The summed E-state index contributed by atoms with van der Waals surface area (Å²) >= 11 is 0. The van der Waals surface area contributed by atoms with Crippen molar-refractivity contribution in [2.75, 3.05) is 25.5 Å². The van der Waals surface area contributed by atoms with Gasteiger partial charge in [-0.05, 0) is 54.8 Å². The number of aryl methyl sites for hydroxylation is 1. The maximum absolute atomic E-state index is 15.3. The van der Waals surface area contributed by atoms with Crippen LogP contribution in [-0.4, -0.2) is 105 Å². The lowest BCUT2D eigenvalue weighted by Crippen LogP contribution is -2.68. The van der Waals surface area contributed by atoms with Crippen LogP contribution in [0.1, 0.15) is 36.1 Å². The lowest BCUT2D eigenvalue weighted by molar-refractivity contribution is -0.137. The molecule has 2 N–H and O–H groups in total. The van der Waals surface area contributed by atoms with Crippen LogP contribution in [-0.2, 0) is 38.8 Å². The molecule has 1 saturated heterocycles. The fraction of sp³-hybridized carbons (Fsp3) is 0.483. The van der Waals surface area contributed by atoms with Crippen LogP contribution in [0, 0.1) is 12.7 Å². The Kier molecular flexibility index (Phi) is 11.0. The summed E-state index contributed by atoms with van der Waals surface area (Å²) in [5.74, 6) is -0.654. The Hall–Kier alpha value is -2.98. The molecule has 8 nitrogen and oxygen atoms in total. The third-order valence-corrected chi connectivity index (χ3v) is 9.72. The minimum Gasteiger partial charge on any atom is -0.381 e. The molecule has 2 aromatic carbocycles. The molecule has 1 aliphatic heterocycles. The second kappa shape index (κ2) is 13.8. The summed E-state index contributed by atoms with van der Waals surface area (Å²) in [6.45, 7) is 8.68. The summed E-state index contributed by atoms with van der Waals surface area (Å²) in [4.78, 5) is 42.0. The van der Waals surface area contributed by atoms with Gasteiger partial charge in [0.1, 0.15) is 51.3 Å². The molecule has 0 radical (unpaired) electrons. The largest absolute Gasteiger partial charge is 0.381 e. The smallest absolute Gasteiger partial charge is 0.235 e. The SMILES string of the molecule is BC(B)(C=O)C(B)(B)C(B)(C(=O)NC)N(C=O)Cc1c(C)cccc1NCc1ccc(CN2CC(C)OC(C)C2)cc1F. The highest BCUT2D eigenvalue weighted by Gasteiger charge is 2.56. The maximum atomic E-state index is 15.3. The van der Waals surface area contributed by atoms with Crippen molar-refractivity contribution in [3.05, 3.63) is 64.5 Å². The minimum absolute atomic E-state index is 0.110. The molecule has 43 heavy (non-hydrogen) atoms. The molecule has 1 aliphatic rings. The van der Waals surface area contributed by atoms with Crippen LogP contribution in [0.25, 0.3) is 0 Å². The summed E-state index contributed by atoms with van der Waals surface area (Å²) in [5, 5.41) is 4.20. The molecule has 0 spiro atoms. The zero-order chi connectivity index (χ0) is 32.2. The van der Waals surface area contributed by atoms with Gasteiger partial charge < -0.3 is 25.1 Å². The van der Waals surface area contributed by atoms with Crippen LogP contribution < -0.4 is 10.6 Å². The van der Waals surface area contributed by atoms with Gasteiger partial charge >= 0.3 is 0 Å². The third-order valence-electron chi connectivity index (χ3n) is 9.72. The molecule has 3 unspecified atom stereocenters. The van der Waals surface area contributed by atoms with E-state index >= 15 is 4.39 Å². The predicted octanol–water partition coefficient (Wildman–Crippen LogP) is -1.65. The minimum atomic E-state index is -1.37. The molecular weight excluding hydrogens is 541 g/mol.